The summed E-state index contributed by atoms with van der Waals surface area (Å²) >= 11 is 3.76. The molecule has 0 saturated heterocycles. The molecule has 0 bridgehead atoms. The lowest BCUT2D eigenvalue weighted by atomic mass is 10.1. The molecule has 15 heavy (non-hydrogen) atoms. The number of benzene rings is 1. The van der Waals surface area contributed by atoms with E-state index in [4.69, 9.17) is 0 Å². The lowest BCUT2D eigenvalue weighted by molar-refractivity contribution is 0.108. The fraction of sp³-hybridized carbons (Fsp3) is 0.0833. The van der Waals surface area contributed by atoms with Crippen molar-refractivity contribution in [2.24, 2.45) is 0 Å². The maximum Gasteiger partial charge on any atom is 0.232 e. The lowest BCUT2D eigenvalue weighted by Gasteiger charge is -1.96. The molecule has 1 aromatic heterocycles. The van der Waals surface area contributed by atoms with Gasteiger partial charge in [-0.05, 0) is 23.6 Å². The quantitative estimate of drug-likeness (QED) is 0.761. The van der Waals surface area contributed by atoms with Gasteiger partial charge >= 0.3 is 0 Å². The van der Waals surface area contributed by atoms with Gasteiger partial charge in [0.05, 0.1) is 5.69 Å². The van der Waals surface area contributed by atoms with Crippen molar-refractivity contribution in [1.29, 1.82) is 0 Å². The van der Waals surface area contributed by atoms with Gasteiger partial charge in [-0.2, -0.15) is 0 Å². The van der Waals surface area contributed by atoms with Crippen LogP contribution in [0.3, 0.4) is 0 Å². The maximum atomic E-state index is 10.9. The molecule has 1 aromatic carbocycles. The highest BCUT2D eigenvalue weighted by Gasteiger charge is 2.04. The Morgan fingerprint density at radius 3 is 2.53 bits per heavy atom. The number of H-pyrrole nitrogens is 1. The summed E-state index contributed by atoms with van der Waals surface area (Å²) in [5.41, 5.74) is 2.87. The summed E-state index contributed by atoms with van der Waals surface area (Å²) in [6.45, 7) is 0. The van der Waals surface area contributed by atoms with Crippen LogP contribution in [-0.2, 0) is 6.42 Å². The van der Waals surface area contributed by atoms with Crippen LogP contribution in [-0.4, -0.2) is 10.1 Å². The number of rotatable bonds is 3. The lowest BCUT2D eigenvalue weighted by Crippen LogP contribution is -1.87. The minimum absolute atomic E-state index is 0.227. The zero-order chi connectivity index (χ0) is 10.7. The number of hydrogen-bond acceptors (Lipinski definition) is 1. The Hall–Kier alpha value is -1.48. The van der Waals surface area contributed by atoms with Crippen molar-refractivity contribution in [1.82, 2.24) is 4.98 Å². The Bertz CT molecular complexity index is 461. The maximum absolute atomic E-state index is 10.9. The fourth-order valence-corrected chi connectivity index (χ4v) is 1.63. The Balaban J connectivity index is 2.15. The third-order valence-corrected chi connectivity index (χ3v) is 2.47. The average Bonchev–Trinajstić information content (AvgIpc) is 2.68. The third-order valence-electron chi connectivity index (χ3n) is 2.22. The zero-order valence-corrected chi connectivity index (χ0v) is 9.00. The molecule has 2 rings (SSSR count). The molecule has 2 nitrogen and oxygen atoms in total. The highest BCUT2D eigenvalue weighted by molar-refractivity contribution is 7.97. The second kappa shape index (κ2) is 4.36. The summed E-state index contributed by atoms with van der Waals surface area (Å²) in [7, 11) is 0. The first-order chi connectivity index (χ1) is 7.25. The highest BCUT2D eigenvalue weighted by Crippen LogP contribution is 2.11. The first kappa shape index (κ1) is 10.1. The Morgan fingerprint density at radius 2 is 1.93 bits per heavy atom. The van der Waals surface area contributed by atoms with Crippen molar-refractivity contribution in [2.75, 3.05) is 0 Å². The van der Waals surface area contributed by atoms with Crippen LogP contribution in [0.5, 0.6) is 0 Å². The van der Waals surface area contributed by atoms with Crippen LogP contribution in [0, 0.1) is 0 Å². The molecule has 0 spiro atoms. The summed E-state index contributed by atoms with van der Waals surface area (Å²) < 4.78 is 0. The largest absolute Gasteiger partial charge is 0.358 e. The molecule has 0 aliphatic heterocycles. The van der Waals surface area contributed by atoms with Gasteiger partial charge in [0.2, 0.25) is 5.12 Å². The number of hydrogen-bond donors (Lipinski definition) is 2. The molecule has 76 valence electrons. The van der Waals surface area contributed by atoms with E-state index in [1.165, 1.54) is 5.56 Å². The molecule has 2 aromatic rings. The molecular weight excluding hydrogens is 206 g/mol. The Morgan fingerprint density at radius 1 is 1.20 bits per heavy atom. The van der Waals surface area contributed by atoms with E-state index in [0.29, 0.717) is 5.69 Å². The van der Waals surface area contributed by atoms with Crippen molar-refractivity contribution in [3.63, 3.8) is 0 Å². The van der Waals surface area contributed by atoms with Crippen LogP contribution in [0.2, 0.25) is 0 Å². The highest BCUT2D eigenvalue weighted by atomic mass is 32.1. The van der Waals surface area contributed by atoms with Crippen LogP contribution in [0.25, 0.3) is 0 Å². The van der Waals surface area contributed by atoms with E-state index in [1.54, 1.807) is 0 Å². The fourth-order valence-electron chi connectivity index (χ4n) is 1.50. The van der Waals surface area contributed by atoms with Gasteiger partial charge in [-0.25, -0.2) is 0 Å². The molecule has 0 radical (unpaired) electrons. The normalized spacial score (nSPS) is 10.2. The van der Waals surface area contributed by atoms with E-state index in [2.05, 4.69) is 29.7 Å². The zero-order valence-electron chi connectivity index (χ0n) is 8.10. The van der Waals surface area contributed by atoms with E-state index in [9.17, 15) is 4.79 Å². The summed E-state index contributed by atoms with van der Waals surface area (Å²) in [5.74, 6) is 0. The third kappa shape index (κ3) is 2.50. The molecule has 0 aliphatic rings. The molecule has 0 saturated carbocycles. The van der Waals surface area contributed by atoms with E-state index in [0.717, 1.165) is 12.0 Å². The monoisotopic (exact) mass is 217 g/mol. The molecular formula is C12H11NOS. The number of carbonyl (C=O) groups is 1. The molecule has 0 unspecified atom stereocenters. The summed E-state index contributed by atoms with van der Waals surface area (Å²) in [5, 5.41) is -0.227. The summed E-state index contributed by atoms with van der Waals surface area (Å²) in [6, 6.07) is 12.0. The average molecular weight is 217 g/mol. The van der Waals surface area contributed by atoms with Gasteiger partial charge < -0.3 is 4.98 Å². The van der Waals surface area contributed by atoms with E-state index < -0.39 is 0 Å². The molecule has 0 aliphatic carbocycles. The van der Waals surface area contributed by atoms with Crippen molar-refractivity contribution in [3.05, 3.63) is 59.4 Å². The van der Waals surface area contributed by atoms with Crippen LogP contribution in [0.1, 0.15) is 21.6 Å². The van der Waals surface area contributed by atoms with Gasteiger partial charge in [-0.15, -0.1) is 0 Å². The van der Waals surface area contributed by atoms with E-state index in [-0.39, 0.29) is 5.12 Å². The Labute approximate surface area is 93.7 Å². The summed E-state index contributed by atoms with van der Waals surface area (Å²) in [6.07, 6.45) is 2.68. The van der Waals surface area contributed by atoms with Crippen LogP contribution < -0.4 is 0 Å². The van der Waals surface area contributed by atoms with Crippen LogP contribution in [0.15, 0.2) is 42.6 Å². The minimum atomic E-state index is -0.227. The molecule has 0 atom stereocenters. The molecule has 0 fully saturated rings. The SMILES string of the molecule is O=C(S)c1cc(Cc2ccccc2)c[nH]1. The topological polar surface area (TPSA) is 32.9 Å². The minimum Gasteiger partial charge on any atom is -0.358 e. The van der Waals surface area contributed by atoms with Crippen LogP contribution >= 0.6 is 12.6 Å². The van der Waals surface area contributed by atoms with Gasteiger partial charge in [0, 0.05) is 6.20 Å². The van der Waals surface area contributed by atoms with Crippen molar-refractivity contribution >= 4 is 17.7 Å². The number of carbonyl (C=O) groups excluding carboxylic acids is 1. The van der Waals surface area contributed by atoms with Gasteiger partial charge in [0.1, 0.15) is 0 Å². The van der Waals surface area contributed by atoms with Gasteiger partial charge in [-0.3, -0.25) is 4.79 Å². The van der Waals surface area contributed by atoms with Crippen molar-refractivity contribution in [3.8, 4) is 0 Å². The summed E-state index contributed by atoms with van der Waals surface area (Å²) in [4.78, 5) is 13.8. The van der Waals surface area contributed by atoms with Crippen LogP contribution in [0.4, 0.5) is 0 Å². The van der Waals surface area contributed by atoms with Gasteiger partial charge in [-0.1, -0.05) is 43.0 Å². The molecule has 0 amide bonds. The standard InChI is InChI=1S/C12H11NOS/c14-12(15)11-7-10(8-13-11)6-9-4-2-1-3-5-9/h1-5,7-8,13H,6H2,(H,14,15). The second-order valence-electron chi connectivity index (χ2n) is 3.39. The molecule has 1 heterocycles. The van der Waals surface area contributed by atoms with E-state index in [1.807, 2.05) is 30.5 Å². The smallest absolute Gasteiger partial charge is 0.232 e. The Kier molecular flexibility index (Phi) is 2.92. The predicted octanol–water partition coefficient (Wildman–Crippen LogP) is 2.68. The number of aromatic nitrogens is 1. The number of thiol groups is 1. The number of aromatic amines is 1. The van der Waals surface area contributed by atoms with Gasteiger partial charge in [0.25, 0.3) is 0 Å². The van der Waals surface area contributed by atoms with Gasteiger partial charge in [0.15, 0.2) is 0 Å². The first-order valence-corrected chi connectivity index (χ1v) is 5.15. The van der Waals surface area contributed by atoms with Crippen molar-refractivity contribution in [2.45, 2.75) is 6.42 Å². The van der Waals surface area contributed by atoms with E-state index >= 15 is 0 Å². The molecule has 1 N–H and O–H groups in total. The number of nitrogens with one attached hydrogen (secondary N) is 1. The second-order valence-corrected chi connectivity index (χ2v) is 3.80. The molecule has 3 heteroatoms. The van der Waals surface area contributed by atoms with Crippen molar-refractivity contribution < 1.29 is 4.79 Å². The first-order valence-electron chi connectivity index (χ1n) is 4.70. The predicted molar refractivity (Wildman–Crippen MR) is 63.4 cm³/mol.